The van der Waals surface area contributed by atoms with Gasteiger partial charge in [-0.25, -0.2) is 13.4 Å². The predicted molar refractivity (Wildman–Crippen MR) is 69.3 cm³/mol. The number of sulfone groups is 1. The van der Waals surface area contributed by atoms with E-state index in [0.717, 1.165) is 23.8 Å². The van der Waals surface area contributed by atoms with E-state index in [2.05, 4.69) is 14.7 Å². The topological polar surface area (TPSA) is 72.0 Å². The smallest absolute Gasteiger partial charge is 0.202 e. The largest absolute Gasteiger partial charge is 0.359 e. The second-order valence-corrected chi connectivity index (χ2v) is 7.78. The highest BCUT2D eigenvalue weighted by atomic mass is 32.2. The van der Waals surface area contributed by atoms with Gasteiger partial charge in [-0.3, -0.25) is 0 Å². The molecule has 96 valence electrons. The molecule has 7 heteroatoms. The lowest BCUT2D eigenvalue weighted by atomic mass is 10.2. The quantitative estimate of drug-likeness (QED) is 0.904. The molecule has 1 aromatic rings. The summed E-state index contributed by atoms with van der Waals surface area (Å²) in [6, 6.07) is 0. The zero-order valence-corrected chi connectivity index (χ0v) is 11.6. The molecule has 17 heavy (non-hydrogen) atoms. The molecule has 0 bridgehead atoms. The van der Waals surface area contributed by atoms with Crippen molar-refractivity contribution < 1.29 is 8.42 Å². The maximum Gasteiger partial charge on any atom is 0.202 e. The first-order chi connectivity index (χ1) is 7.99. The molecular formula is C10H17N3O2S2. The Kier molecular flexibility index (Phi) is 3.67. The van der Waals surface area contributed by atoms with Crippen LogP contribution in [0.15, 0.2) is 0 Å². The fourth-order valence-corrected chi connectivity index (χ4v) is 4.31. The van der Waals surface area contributed by atoms with Crippen LogP contribution < -0.4 is 5.32 Å². The van der Waals surface area contributed by atoms with Crippen molar-refractivity contribution >= 4 is 26.5 Å². The third-order valence-electron chi connectivity index (χ3n) is 2.90. The summed E-state index contributed by atoms with van der Waals surface area (Å²) in [7, 11) is -2.87. The molecule has 0 aliphatic carbocycles. The maximum atomic E-state index is 11.6. The van der Waals surface area contributed by atoms with Gasteiger partial charge in [0.2, 0.25) is 5.13 Å². The Balaban J connectivity index is 1.94. The molecule has 0 amide bonds. The lowest BCUT2D eigenvalue weighted by Crippen LogP contribution is -2.24. The third-order valence-corrected chi connectivity index (χ3v) is 5.86. The molecule has 1 fully saturated rings. The van der Waals surface area contributed by atoms with Gasteiger partial charge in [-0.2, -0.15) is 4.37 Å². The van der Waals surface area contributed by atoms with Crippen molar-refractivity contribution in [2.75, 3.05) is 17.6 Å². The summed E-state index contributed by atoms with van der Waals surface area (Å²) in [6.07, 6.45) is 1.53. The summed E-state index contributed by atoms with van der Waals surface area (Å²) in [5.74, 6) is 1.44. The lowest BCUT2D eigenvalue weighted by molar-refractivity contribution is 0.591. The molecule has 1 unspecified atom stereocenters. The fourth-order valence-electron chi connectivity index (χ4n) is 1.83. The van der Waals surface area contributed by atoms with Gasteiger partial charge in [0.05, 0.1) is 11.0 Å². The van der Waals surface area contributed by atoms with Crippen LogP contribution in [0.3, 0.4) is 0 Å². The second kappa shape index (κ2) is 4.89. The van der Waals surface area contributed by atoms with Crippen molar-refractivity contribution in [1.29, 1.82) is 0 Å². The van der Waals surface area contributed by atoms with E-state index in [0.29, 0.717) is 18.2 Å². The van der Waals surface area contributed by atoms with Crippen LogP contribution >= 0.6 is 11.5 Å². The van der Waals surface area contributed by atoms with Gasteiger partial charge in [-0.15, -0.1) is 0 Å². The Morgan fingerprint density at radius 3 is 2.82 bits per heavy atom. The third kappa shape index (κ3) is 2.95. The van der Waals surface area contributed by atoms with E-state index >= 15 is 0 Å². The van der Waals surface area contributed by atoms with Gasteiger partial charge in [0.1, 0.15) is 5.82 Å². The number of anilines is 1. The van der Waals surface area contributed by atoms with E-state index in [9.17, 15) is 8.42 Å². The van der Waals surface area contributed by atoms with Gasteiger partial charge < -0.3 is 5.32 Å². The molecule has 2 rings (SSSR count). The molecule has 2 heterocycles. The second-order valence-electron chi connectivity index (χ2n) is 4.62. The SMILES string of the molecule is CC(C)c1nsc(NCC2CCCS2(=O)=O)n1. The minimum atomic E-state index is -2.87. The molecule has 1 saturated heterocycles. The summed E-state index contributed by atoms with van der Waals surface area (Å²) in [5.41, 5.74) is 0. The van der Waals surface area contributed by atoms with Gasteiger partial charge in [0, 0.05) is 24.0 Å². The summed E-state index contributed by atoms with van der Waals surface area (Å²) < 4.78 is 27.5. The Hall–Kier alpha value is -0.690. The predicted octanol–water partition coefficient (Wildman–Crippen LogP) is 1.65. The zero-order chi connectivity index (χ0) is 12.5. The summed E-state index contributed by atoms with van der Waals surface area (Å²) in [5, 5.41) is 3.55. The number of nitrogens with zero attached hydrogens (tertiary/aromatic N) is 2. The van der Waals surface area contributed by atoms with Crippen LogP contribution in [0.5, 0.6) is 0 Å². The van der Waals surface area contributed by atoms with Crippen molar-refractivity contribution in [3.05, 3.63) is 5.82 Å². The number of aromatic nitrogens is 2. The van der Waals surface area contributed by atoms with Crippen LogP contribution in [0.1, 0.15) is 38.4 Å². The van der Waals surface area contributed by atoms with Crippen molar-refractivity contribution in [3.63, 3.8) is 0 Å². The molecule has 1 aromatic heterocycles. The number of nitrogens with one attached hydrogen (secondary N) is 1. The molecule has 1 N–H and O–H groups in total. The molecule has 0 aromatic carbocycles. The van der Waals surface area contributed by atoms with Gasteiger partial charge in [-0.1, -0.05) is 13.8 Å². The molecule has 5 nitrogen and oxygen atoms in total. The highest BCUT2D eigenvalue weighted by molar-refractivity contribution is 7.92. The van der Waals surface area contributed by atoms with Crippen molar-refractivity contribution in [2.45, 2.75) is 37.9 Å². The molecule has 1 aliphatic heterocycles. The van der Waals surface area contributed by atoms with E-state index < -0.39 is 9.84 Å². The van der Waals surface area contributed by atoms with E-state index in [1.807, 2.05) is 13.8 Å². The normalized spacial score (nSPS) is 23.1. The number of hydrogen-bond donors (Lipinski definition) is 1. The van der Waals surface area contributed by atoms with E-state index in [4.69, 9.17) is 0 Å². The lowest BCUT2D eigenvalue weighted by Gasteiger charge is -2.08. The van der Waals surface area contributed by atoms with Gasteiger partial charge in [-0.05, 0) is 12.8 Å². The van der Waals surface area contributed by atoms with Crippen LogP contribution in [-0.4, -0.2) is 35.3 Å². The van der Waals surface area contributed by atoms with Crippen LogP contribution in [-0.2, 0) is 9.84 Å². The average Bonchev–Trinajstić information content (AvgIpc) is 2.81. The van der Waals surface area contributed by atoms with E-state index in [1.54, 1.807) is 0 Å². The Morgan fingerprint density at radius 1 is 1.53 bits per heavy atom. The van der Waals surface area contributed by atoms with Crippen molar-refractivity contribution in [3.8, 4) is 0 Å². The first-order valence-corrected chi connectivity index (χ1v) is 8.27. The summed E-state index contributed by atoms with van der Waals surface area (Å²) in [4.78, 5) is 4.32. The first kappa shape index (κ1) is 12.8. The maximum absolute atomic E-state index is 11.6. The highest BCUT2D eigenvalue weighted by Crippen LogP contribution is 2.22. The van der Waals surface area contributed by atoms with Gasteiger partial charge >= 0.3 is 0 Å². The first-order valence-electron chi connectivity index (χ1n) is 5.78. The summed E-state index contributed by atoms with van der Waals surface area (Å²) in [6.45, 7) is 4.52. The standard InChI is InChI=1S/C10H17N3O2S2/c1-7(2)9-12-10(16-13-9)11-6-8-4-3-5-17(8,14)15/h7-8H,3-6H2,1-2H3,(H,11,12,13). The monoisotopic (exact) mass is 275 g/mol. The molecule has 0 spiro atoms. The minimum Gasteiger partial charge on any atom is -0.359 e. The molecular weight excluding hydrogens is 258 g/mol. The number of rotatable bonds is 4. The number of hydrogen-bond acceptors (Lipinski definition) is 6. The molecule has 1 aliphatic rings. The van der Waals surface area contributed by atoms with Crippen LogP contribution in [0, 0.1) is 0 Å². The zero-order valence-electron chi connectivity index (χ0n) is 10.0. The molecule has 1 atom stereocenters. The van der Waals surface area contributed by atoms with Gasteiger partial charge in [0.15, 0.2) is 9.84 Å². The summed E-state index contributed by atoms with van der Waals surface area (Å²) >= 11 is 1.29. The highest BCUT2D eigenvalue weighted by Gasteiger charge is 2.31. The van der Waals surface area contributed by atoms with Crippen molar-refractivity contribution in [1.82, 2.24) is 9.36 Å². The van der Waals surface area contributed by atoms with E-state index in [1.165, 1.54) is 11.5 Å². The van der Waals surface area contributed by atoms with Crippen LogP contribution in [0.25, 0.3) is 0 Å². The van der Waals surface area contributed by atoms with E-state index in [-0.39, 0.29) is 5.25 Å². The van der Waals surface area contributed by atoms with Crippen molar-refractivity contribution in [2.24, 2.45) is 0 Å². The molecule has 0 saturated carbocycles. The fraction of sp³-hybridized carbons (Fsp3) is 0.800. The Morgan fingerprint density at radius 2 is 2.29 bits per heavy atom. The Labute approximate surface area is 106 Å². The Bertz CT molecular complexity index is 481. The van der Waals surface area contributed by atoms with Crippen LogP contribution in [0.4, 0.5) is 5.13 Å². The van der Waals surface area contributed by atoms with Gasteiger partial charge in [0.25, 0.3) is 0 Å². The minimum absolute atomic E-state index is 0.256. The average molecular weight is 275 g/mol. The van der Waals surface area contributed by atoms with Crippen LogP contribution in [0.2, 0.25) is 0 Å². The molecule has 0 radical (unpaired) electrons.